The van der Waals surface area contributed by atoms with Gasteiger partial charge in [0.1, 0.15) is 6.10 Å². The first kappa shape index (κ1) is 24.1. The molecule has 2 aromatic rings. The van der Waals surface area contributed by atoms with E-state index in [1.807, 2.05) is 30.3 Å². The second-order valence-corrected chi connectivity index (χ2v) is 7.24. The molecule has 7 heteroatoms. The number of hydrogen-bond acceptors (Lipinski definition) is 7. The number of Topliss-reactive ketones (excluding diaryl/α,β-unsaturated/α-hetero) is 1. The number of methoxy groups -OCH3 is 1. The lowest BCUT2D eigenvalue weighted by Gasteiger charge is -2.25. The number of benzene rings is 1. The highest BCUT2D eigenvalue weighted by Crippen LogP contribution is 2.29. The monoisotopic (exact) mass is 427 g/mol. The van der Waals surface area contributed by atoms with Gasteiger partial charge in [-0.15, -0.1) is 6.58 Å². The maximum atomic E-state index is 12.5. The fraction of sp³-hybridized carbons (Fsp3) is 0.375. The second kappa shape index (κ2) is 11.9. The minimum atomic E-state index is -0.721. The Morgan fingerprint density at radius 2 is 1.90 bits per heavy atom. The Labute approximate surface area is 182 Å². The number of pyridine rings is 1. The van der Waals surface area contributed by atoms with Crippen molar-refractivity contribution in [3.8, 4) is 11.5 Å². The molecule has 0 bridgehead atoms. The van der Waals surface area contributed by atoms with Gasteiger partial charge >= 0.3 is 5.97 Å². The molecule has 1 aromatic carbocycles. The first-order valence-electron chi connectivity index (χ1n) is 10.1. The molecule has 0 spiro atoms. The van der Waals surface area contributed by atoms with E-state index >= 15 is 0 Å². The lowest BCUT2D eigenvalue weighted by atomic mass is 10.0. The number of aromatic nitrogens is 1. The number of ether oxygens (including phenoxy) is 3. The van der Waals surface area contributed by atoms with E-state index in [0.717, 1.165) is 5.56 Å². The van der Waals surface area contributed by atoms with Gasteiger partial charge in [0.2, 0.25) is 0 Å². The van der Waals surface area contributed by atoms with E-state index < -0.39 is 23.8 Å². The van der Waals surface area contributed by atoms with Crippen molar-refractivity contribution in [3.63, 3.8) is 0 Å². The summed E-state index contributed by atoms with van der Waals surface area (Å²) in [5.74, 6) is -1.92. The van der Waals surface area contributed by atoms with Crippen LogP contribution in [0.3, 0.4) is 0 Å². The Kier molecular flexibility index (Phi) is 9.21. The number of hydrogen-bond donors (Lipinski definition) is 1. The zero-order valence-corrected chi connectivity index (χ0v) is 18.1. The summed E-state index contributed by atoms with van der Waals surface area (Å²) in [5.41, 5.74) is 0.877. The van der Waals surface area contributed by atoms with Gasteiger partial charge in [0, 0.05) is 18.7 Å². The van der Waals surface area contributed by atoms with Crippen LogP contribution in [0.2, 0.25) is 0 Å². The molecule has 166 valence electrons. The molecule has 0 aliphatic heterocycles. The van der Waals surface area contributed by atoms with Gasteiger partial charge in [0.05, 0.1) is 25.7 Å². The van der Waals surface area contributed by atoms with Gasteiger partial charge in [-0.2, -0.15) is 0 Å². The first-order chi connectivity index (χ1) is 14.9. The number of esters is 1. The van der Waals surface area contributed by atoms with Crippen molar-refractivity contribution in [2.24, 2.45) is 5.92 Å². The van der Waals surface area contributed by atoms with Crippen LogP contribution >= 0.6 is 0 Å². The zero-order valence-electron chi connectivity index (χ0n) is 18.1. The number of carbonyl (C=O) groups excluding carboxylic acids is 2. The predicted octanol–water partition coefficient (Wildman–Crippen LogP) is 4.10. The number of aromatic hydroxyl groups is 1. The van der Waals surface area contributed by atoms with Crippen molar-refractivity contribution in [2.45, 2.75) is 45.5 Å². The summed E-state index contributed by atoms with van der Waals surface area (Å²) in [4.78, 5) is 29.0. The Morgan fingerprint density at radius 3 is 2.55 bits per heavy atom. The molecule has 0 amide bonds. The van der Waals surface area contributed by atoms with Crippen molar-refractivity contribution in [3.05, 3.63) is 66.5 Å². The largest absolute Gasteiger partial charge is 0.503 e. The minimum Gasteiger partial charge on any atom is -0.503 e. The lowest BCUT2D eigenvalue weighted by Crippen LogP contribution is -2.33. The van der Waals surface area contributed by atoms with E-state index in [9.17, 15) is 14.7 Å². The molecule has 1 aromatic heterocycles. The fourth-order valence-corrected chi connectivity index (χ4v) is 2.98. The summed E-state index contributed by atoms with van der Waals surface area (Å²) in [6.45, 7) is 7.47. The smallest absolute Gasteiger partial charge is 0.309 e. The molecule has 0 aliphatic carbocycles. The topological polar surface area (TPSA) is 95.0 Å². The average Bonchev–Trinajstić information content (AvgIpc) is 2.77. The molecule has 7 nitrogen and oxygen atoms in total. The molecule has 31 heavy (non-hydrogen) atoms. The predicted molar refractivity (Wildman–Crippen MR) is 116 cm³/mol. The van der Waals surface area contributed by atoms with Crippen LogP contribution in [0, 0.1) is 5.92 Å². The van der Waals surface area contributed by atoms with Gasteiger partial charge in [-0.25, -0.2) is 4.98 Å². The Balaban J connectivity index is 1.94. The van der Waals surface area contributed by atoms with E-state index in [2.05, 4.69) is 11.6 Å². The molecular weight excluding hydrogens is 398 g/mol. The third kappa shape index (κ3) is 6.93. The van der Waals surface area contributed by atoms with E-state index in [0.29, 0.717) is 13.0 Å². The normalized spacial score (nSPS) is 13.6. The van der Waals surface area contributed by atoms with Crippen LogP contribution in [0.15, 0.2) is 55.3 Å². The standard InChI is InChI=1S/C24H29NO6/c1-5-9-20(30-15-18-10-7-6-8-11-18)17(3)31-24(28)16(2)14-19(26)22-23(27)21(29-4)12-13-25-22/h5-8,10-13,16-17,20,27H,1,9,14-15H2,2-4H3/t16-,17+,20-/m1/s1. The van der Waals surface area contributed by atoms with Gasteiger partial charge in [0.25, 0.3) is 0 Å². The van der Waals surface area contributed by atoms with Crippen LogP contribution in [-0.2, 0) is 20.9 Å². The number of ketones is 1. The summed E-state index contributed by atoms with van der Waals surface area (Å²) in [5, 5.41) is 10.1. The third-order valence-electron chi connectivity index (χ3n) is 4.80. The fourth-order valence-electron chi connectivity index (χ4n) is 2.98. The van der Waals surface area contributed by atoms with Gasteiger partial charge in [-0.3, -0.25) is 9.59 Å². The van der Waals surface area contributed by atoms with Crippen molar-refractivity contribution in [1.82, 2.24) is 4.98 Å². The molecule has 0 saturated heterocycles. The van der Waals surface area contributed by atoms with Gasteiger partial charge < -0.3 is 19.3 Å². The van der Waals surface area contributed by atoms with E-state index in [1.165, 1.54) is 19.4 Å². The van der Waals surface area contributed by atoms with Crippen molar-refractivity contribution >= 4 is 11.8 Å². The Morgan fingerprint density at radius 1 is 1.19 bits per heavy atom. The highest BCUT2D eigenvalue weighted by molar-refractivity contribution is 5.99. The molecule has 2 rings (SSSR count). The van der Waals surface area contributed by atoms with E-state index in [4.69, 9.17) is 14.2 Å². The maximum absolute atomic E-state index is 12.5. The second-order valence-electron chi connectivity index (χ2n) is 7.24. The molecule has 1 N–H and O–H groups in total. The van der Waals surface area contributed by atoms with Crippen molar-refractivity contribution in [1.29, 1.82) is 0 Å². The number of carbonyl (C=O) groups is 2. The van der Waals surface area contributed by atoms with E-state index in [1.54, 1.807) is 19.9 Å². The first-order valence-corrected chi connectivity index (χ1v) is 10.1. The summed E-state index contributed by atoms with van der Waals surface area (Å²) in [7, 11) is 1.38. The summed E-state index contributed by atoms with van der Waals surface area (Å²) in [6.07, 6.45) is 2.53. The summed E-state index contributed by atoms with van der Waals surface area (Å²) < 4.78 is 16.5. The molecule has 3 atom stereocenters. The quantitative estimate of drug-likeness (QED) is 0.310. The van der Waals surface area contributed by atoms with Crippen LogP contribution in [0.1, 0.15) is 42.7 Å². The van der Waals surface area contributed by atoms with Crippen LogP contribution in [0.4, 0.5) is 0 Å². The Hall–Kier alpha value is -3.19. The molecule has 0 radical (unpaired) electrons. The maximum Gasteiger partial charge on any atom is 0.309 e. The van der Waals surface area contributed by atoms with Gasteiger partial charge in [-0.05, 0) is 18.9 Å². The van der Waals surface area contributed by atoms with Gasteiger partial charge in [0.15, 0.2) is 23.0 Å². The van der Waals surface area contributed by atoms with Crippen LogP contribution in [0.25, 0.3) is 0 Å². The SMILES string of the molecule is C=CC[C@@H](OCc1ccccc1)[C@H](C)OC(=O)[C@H](C)CC(=O)c1nccc(OC)c1O. The number of rotatable bonds is 12. The molecule has 0 aliphatic rings. The molecule has 0 unspecified atom stereocenters. The molecule has 0 saturated carbocycles. The molecule has 0 fully saturated rings. The number of nitrogens with zero attached hydrogens (tertiary/aromatic N) is 1. The highest BCUT2D eigenvalue weighted by Gasteiger charge is 2.27. The highest BCUT2D eigenvalue weighted by atomic mass is 16.6. The summed E-state index contributed by atoms with van der Waals surface area (Å²) in [6, 6.07) is 11.1. The molecule has 1 heterocycles. The summed E-state index contributed by atoms with van der Waals surface area (Å²) >= 11 is 0. The van der Waals surface area contributed by atoms with Crippen molar-refractivity contribution in [2.75, 3.05) is 7.11 Å². The van der Waals surface area contributed by atoms with Crippen LogP contribution in [0.5, 0.6) is 11.5 Å². The average molecular weight is 427 g/mol. The lowest BCUT2D eigenvalue weighted by molar-refractivity contribution is -0.160. The van der Waals surface area contributed by atoms with Crippen LogP contribution in [-0.4, -0.2) is 41.2 Å². The zero-order chi connectivity index (χ0) is 22.8. The van der Waals surface area contributed by atoms with Crippen LogP contribution < -0.4 is 4.74 Å². The van der Waals surface area contributed by atoms with Crippen molar-refractivity contribution < 1.29 is 28.9 Å². The molecular formula is C24H29NO6. The van der Waals surface area contributed by atoms with Gasteiger partial charge in [-0.1, -0.05) is 43.3 Å². The Bertz CT molecular complexity index is 883. The van der Waals surface area contributed by atoms with E-state index in [-0.39, 0.29) is 29.7 Å². The third-order valence-corrected chi connectivity index (χ3v) is 4.80. The minimum absolute atomic E-state index is 0.136.